The van der Waals surface area contributed by atoms with Gasteiger partial charge in [0.1, 0.15) is 18.0 Å². The first-order valence-electron chi connectivity index (χ1n) is 5.67. The molecule has 0 radical (unpaired) electrons. The van der Waals surface area contributed by atoms with E-state index in [9.17, 15) is 4.79 Å². The van der Waals surface area contributed by atoms with E-state index >= 15 is 0 Å². The Morgan fingerprint density at radius 3 is 3.00 bits per heavy atom. The quantitative estimate of drug-likeness (QED) is 0.671. The molecular formula is C13H7BrN4O2. The highest BCUT2D eigenvalue weighted by Crippen LogP contribution is 2.22. The SMILES string of the molecule is N#Cc1ncn(Cc2cc(=O)oc3cc(Br)ccc23)n1. The third kappa shape index (κ3) is 2.33. The van der Waals surface area contributed by atoms with Crippen LogP contribution >= 0.6 is 15.9 Å². The van der Waals surface area contributed by atoms with Gasteiger partial charge in [-0.3, -0.25) is 0 Å². The van der Waals surface area contributed by atoms with E-state index in [2.05, 4.69) is 26.0 Å². The third-order valence-corrected chi connectivity index (χ3v) is 3.25. The largest absolute Gasteiger partial charge is 0.423 e. The molecule has 0 spiro atoms. The van der Waals surface area contributed by atoms with E-state index in [1.807, 2.05) is 18.2 Å². The Bertz CT molecular complexity index is 891. The van der Waals surface area contributed by atoms with E-state index in [-0.39, 0.29) is 5.82 Å². The maximum Gasteiger partial charge on any atom is 0.336 e. The standard InChI is InChI=1S/C13H7BrN4O2/c14-9-1-2-10-8(3-13(19)20-11(10)4-9)6-18-7-16-12(5-15)17-18/h1-4,7H,6H2. The highest BCUT2D eigenvalue weighted by Gasteiger charge is 2.08. The van der Waals surface area contributed by atoms with E-state index < -0.39 is 5.63 Å². The van der Waals surface area contributed by atoms with Gasteiger partial charge < -0.3 is 4.42 Å². The number of aromatic nitrogens is 3. The number of hydrogen-bond acceptors (Lipinski definition) is 5. The molecule has 20 heavy (non-hydrogen) atoms. The molecule has 0 unspecified atom stereocenters. The van der Waals surface area contributed by atoms with Crippen LogP contribution in [0.4, 0.5) is 0 Å². The number of hydrogen-bond donors (Lipinski definition) is 0. The summed E-state index contributed by atoms with van der Waals surface area (Å²) in [5.74, 6) is 0.0972. The zero-order valence-corrected chi connectivity index (χ0v) is 11.7. The van der Waals surface area contributed by atoms with E-state index in [0.717, 1.165) is 15.4 Å². The Labute approximate surface area is 121 Å². The first-order valence-corrected chi connectivity index (χ1v) is 6.47. The van der Waals surface area contributed by atoms with Gasteiger partial charge >= 0.3 is 5.63 Å². The minimum Gasteiger partial charge on any atom is -0.423 e. The van der Waals surface area contributed by atoms with Gasteiger partial charge in [-0.2, -0.15) is 5.26 Å². The Balaban J connectivity index is 2.11. The van der Waals surface area contributed by atoms with Crippen LogP contribution in [0, 0.1) is 11.3 Å². The Morgan fingerprint density at radius 2 is 2.25 bits per heavy atom. The van der Waals surface area contributed by atoms with E-state index in [4.69, 9.17) is 9.68 Å². The van der Waals surface area contributed by atoms with Crippen LogP contribution in [0.15, 0.2) is 44.3 Å². The smallest absolute Gasteiger partial charge is 0.336 e. The summed E-state index contributed by atoms with van der Waals surface area (Å²) in [7, 11) is 0. The Kier molecular flexibility index (Phi) is 3.08. The van der Waals surface area contributed by atoms with Gasteiger partial charge in [0, 0.05) is 15.9 Å². The van der Waals surface area contributed by atoms with Crippen molar-refractivity contribution in [1.82, 2.24) is 14.8 Å². The summed E-state index contributed by atoms with van der Waals surface area (Å²) in [6.45, 7) is 0.346. The third-order valence-electron chi connectivity index (χ3n) is 2.76. The molecule has 0 atom stereocenters. The van der Waals surface area contributed by atoms with Crippen molar-refractivity contribution in [3.8, 4) is 6.07 Å². The van der Waals surface area contributed by atoms with Crippen LogP contribution in [0.1, 0.15) is 11.4 Å². The summed E-state index contributed by atoms with van der Waals surface area (Å²) in [6, 6.07) is 8.75. The summed E-state index contributed by atoms with van der Waals surface area (Å²) in [5.41, 5.74) is 0.840. The van der Waals surface area contributed by atoms with Crippen LogP contribution in [0.2, 0.25) is 0 Å². The molecule has 98 valence electrons. The molecule has 0 saturated heterocycles. The van der Waals surface area contributed by atoms with Crippen LogP contribution < -0.4 is 5.63 Å². The topological polar surface area (TPSA) is 84.7 Å². The van der Waals surface area contributed by atoms with Crippen molar-refractivity contribution >= 4 is 26.9 Å². The molecule has 1 aromatic carbocycles. The monoisotopic (exact) mass is 330 g/mol. The number of rotatable bonds is 2. The van der Waals surface area contributed by atoms with Gasteiger partial charge in [0.05, 0.1) is 6.54 Å². The first-order chi connectivity index (χ1) is 9.65. The van der Waals surface area contributed by atoms with Crippen molar-refractivity contribution in [2.75, 3.05) is 0 Å². The summed E-state index contributed by atoms with van der Waals surface area (Å²) >= 11 is 3.34. The maximum absolute atomic E-state index is 11.6. The molecule has 2 heterocycles. The van der Waals surface area contributed by atoms with E-state index in [1.165, 1.54) is 17.1 Å². The minimum absolute atomic E-state index is 0.0972. The molecule has 0 saturated carbocycles. The molecule has 3 rings (SSSR count). The molecule has 0 amide bonds. The zero-order valence-electron chi connectivity index (χ0n) is 10.1. The number of benzene rings is 1. The second kappa shape index (κ2) is 4.90. The summed E-state index contributed by atoms with van der Waals surface area (Å²) in [4.78, 5) is 15.4. The van der Waals surface area contributed by atoms with Crippen LogP contribution in [-0.2, 0) is 6.54 Å². The second-order valence-corrected chi connectivity index (χ2v) is 5.02. The molecule has 0 N–H and O–H groups in total. The number of nitrogens with zero attached hydrogens (tertiary/aromatic N) is 4. The number of fused-ring (bicyclic) bond motifs is 1. The summed E-state index contributed by atoms with van der Waals surface area (Å²) in [6.07, 6.45) is 1.46. The van der Waals surface area contributed by atoms with Crippen molar-refractivity contribution in [3.63, 3.8) is 0 Å². The van der Waals surface area contributed by atoms with E-state index in [0.29, 0.717) is 12.1 Å². The van der Waals surface area contributed by atoms with E-state index in [1.54, 1.807) is 6.07 Å². The number of halogens is 1. The summed E-state index contributed by atoms with van der Waals surface area (Å²) in [5, 5.41) is 13.5. The highest BCUT2D eigenvalue weighted by atomic mass is 79.9. The second-order valence-electron chi connectivity index (χ2n) is 4.11. The molecule has 0 bridgehead atoms. The fraction of sp³-hybridized carbons (Fsp3) is 0.0769. The molecule has 7 heteroatoms. The Hall–Kier alpha value is -2.46. The molecule has 0 fully saturated rings. The highest BCUT2D eigenvalue weighted by molar-refractivity contribution is 9.10. The predicted molar refractivity (Wildman–Crippen MR) is 74.0 cm³/mol. The molecule has 0 aliphatic rings. The number of nitriles is 1. The van der Waals surface area contributed by atoms with Crippen LogP contribution in [0.3, 0.4) is 0 Å². The van der Waals surface area contributed by atoms with Crippen LogP contribution in [0.5, 0.6) is 0 Å². The van der Waals surface area contributed by atoms with Gasteiger partial charge in [-0.25, -0.2) is 14.5 Å². The molecule has 3 aromatic rings. The lowest BCUT2D eigenvalue weighted by molar-refractivity contribution is 0.556. The summed E-state index contributed by atoms with van der Waals surface area (Å²) < 4.78 is 7.50. The molecule has 0 aliphatic heterocycles. The molecular weight excluding hydrogens is 324 g/mol. The zero-order chi connectivity index (χ0) is 14.1. The molecule has 6 nitrogen and oxygen atoms in total. The minimum atomic E-state index is -0.425. The normalized spacial score (nSPS) is 10.6. The fourth-order valence-corrected chi connectivity index (χ4v) is 2.27. The van der Waals surface area contributed by atoms with Crippen LogP contribution in [-0.4, -0.2) is 14.8 Å². The van der Waals surface area contributed by atoms with Crippen molar-refractivity contribution in [2.24, 2.45) is 0 Å². The van der Waals surface area contributed by atoms with Gasteiger partial charge in [-0.15, -0.1) is 5.10 Å². The van der Waals surface area contributed by atoms with Crippen molar-refractivity contribution in [2.45, 2.75) is 6.54 Å². The van der Waals surface area contributed by atoms with Crippen molar-refractivity contribution in [3.05, 3.63) is 56.9 Å². The van der Waals surface area contributed by atoms with Gasteiger partial charge in [-0.1, -0.05) is 15.9 Å². The van der Waals surface area contributed by atoms with Gasteiger partial charge in [0.15, 0.2) is 0 Å². The first kappa shape index (κ1) is 12.6. The Morgan fingerprint density at radius 1 is 1.40 bits per heavy atom. The molecule has 2 aromatic heterocycles. The lowest BCUT2D eigenvalue weighted by Gasteiger charge is -2.05. The maximum atomic E-state index is 11.6. The van der Waals surface area contributed by atoms with Crippen molar-refractivity contribution < 1.29 is 4.42 Å². The van der Waals surface area contributed by atoms with Crippen LogP contribution in [0.25, 0.3) is 11.0 Å². The average molecular weight is 331 g/mol. The lowest BCUT2D eigenvalue weighted by Crippen LogP contribution is -2.06. The van der Waals surface area contributed by atoms with Gasteiger partial charge in [0.2, 0.25) is 0 Å². The van der Waals surface area contributed by atoms with Gasteiger partial charge in [0.25, 0.3) is 5.82 Å². The van der Waals surface area contributed by atoms with Crippen molar-refractivity contribution in [1.29, 1.82) is 5.26 Å². The predicted octanol–water partition coefficient (Wildman–Crippen LogP) is 2.07. The lowest BCUT2D eigenvalue weighted by atomic mass is 10.1. The fourth-order valence-electron chi connectivity index (χ4n) is 1.93. The van der Waals surface area contributed by atoms with Gasteiger partial charge in [-0.05, 0) is 23.8 Å². The average Bonchev–Trinajstić information content (AvgIpc) is 2.85. The molecule has 0 aliphatic carbocycles.